The van der Waals surface area contributed by atoms with Crippen LogP contribution in [0.1, 0.15) is 30.0 Å². The number of sulfonamides is 1. The van der Waals surface area contributed by atoms with Crippen molar-refractivity contribution in [2.75, 3.05) is 20.2 Å². The highest BCUT2D eigenvalue weighted by Gasteiger charge is 2.46. The number of hydrogen-bond donors (Lipinski definition) is 0. The molecule has 1 atom stereocenters. The second-order valence-corrected chi connectivity index (χ2v) is 12.3. The van der Waals surface area contributed by atoms with Gasteiger partial charge in [-0.15, -0.1) is 0 Å². The van der Waals surface area contributed by atoms with E-state index in [9.17, 15) is 27.7 Å². The van der Waals surface area contributed by atoms with Gasteiger partial charge in [-0.2, -0.15) is 5.26 Å². The number of hydrazine groups is 1. The number of nitriles is 1. The summed E-state index contributed by atoms with van der Waals surface area (Å²) in [6.45, 7) is 1.56. The summed E-state index contributed by atoms with van der Waals surface area (Å²) >= 11 is 0. The van der Waals surface area contributed by atoms with Gasteiger partial charge in [-0.05, 0) is 83.3 Å². The molecule has 1 aliphatic heterocycles. The van der Waals surface area contributed by atoms with Crippen molar-refractivity contribution >= 4 is 32.6 Å². The van der Waals surface area contributed by atoms with E-state index in [2.05, 4.69) is 6.07 Å². The van der Waals surface area contributed by atoms with Crippen LogP contribution < -0.4 is 4.74 Å². The summed E-state index contributed by atoms with van der Waals surface area (Å²) in [5.41, 5.74) is 1.75. The predicted octanol–water partition coefficient (Wildman–Crippen LogP) is 4.66. The minimum absolute atomic E-state index is 0.0942. The Balaban J connectivity index is 1.53. The molecule has 1 aliphatic rings. The number of methoxy groups -OCH3 is 1. The van der Waals surface area contributed by atoms with Gasteiger partial charge in [0.15, 0.2) is 0 Å². The number of carbonyl (C=O) groups is 2. The average Bonchev–Trinajstić information content (AvgIpc) is 3.36. The lowest BCUT2D eigenvalue weighted by atomic mass is 10.1. The van der Waals surface area contributed by atoms with Crippen molar-refractivity contribution in [2.45, 2.75) is 37.2 Å². The standard InChI is InChI=1S/C33H31FN4O5S/c1-23(39)37(16-13-24-5-4-8-29(34)18-24)38(32-14-15-36(33(32)40)22-26-7-3-6-25(17-26)21-35)44(41,42)31-12-10-27-9-11-30(43-2)19-28(27)20-31/h3-12,17-20,32H,13-16,22H2,1-2H3/t32-/m0/s1. The molecule has 0 N–H and O–H groups in total. The van der Waals surface area contributed by atoms with E-state index < -0.39 is 33.7 Å². The zero-order valence-electron chi connectivity index (χ0n) is 24.3. The first-order valence-electron chi connectivity index (χ1n) is 14.0. The summed E-state index contributed by atoms with van der Waals surface area (Å²) in [5.74, 6) is -0.947. The van der Waals surface area contributed by atoms with Crippen LogP contribution in [-0.4, -0.2) is 60.8 Å². The molecular weight excluding hydrogens is 583 g/mol. The number of nitrogens with zero attached hydrogens (tertiary/aromatic N) is 4. The van der Waals surface area contributed by atoms with E-state index in [1.165, 1.54) is 43.2 Å². The molecule has 0 unspecified atom stereocenters. The van der Waals surface area contributed by atoms with Crippen molar-refractivity contribution in [1.82, 2.24) is 14.3 Å². The number of hydrogen-bond acceptors (Lipinski definition) is 6. The van der Waals surface area contributed by atoms with E-state index >= 15 is 0 Å². The Labute approximate surface area is 255 Å². The van der Waals surface area contributed by atoms with Crippen LogP contribution in [0, 0.1) is 17.1 Å². The second kappa shape index (κ2) is 12.8. The smallest absolute Gasteiger partial charge is 0.260 e. The van der Waals surface area contributed by atoms with Gasteiger partial charge in [0, 0.05) is 26.6 Å². The Bertz CT molecular complexity index is 1870. The van der Waals surface area contributed by atoms with Crippen LogP contribution in [0.4, 0.5) is 4.39 Å². The molecule has 0 radical (unpaired) electrons. The van der Waals surface area contributed by atoms with E-state index in [1.54, 1.807) is 54.6 Å². The van der Waals surface area contributed by atoms with Crippen molar-refractivity contribution in [3.8, 4) is 11.8 Å². The van der Waals surface area contributed by atoms with E-state index in [0.717, 1.165) is 20.4 Å². The fourth-order valence-corrected chi connectivity index (χ4v) is 7.15. The first-order valence-corrected chi connectivity index (χ1v) is 15.5. The maximum absolute atomic E-state index is 14.5. The molecule has 0 spiro atoms. The number of carbonyl (C=O) groups excluding carboxylic acids is 2. The van der Waals surface area contributed by atoms with Crippen molar-refractivity contribution < 1.29 is 27.1 Å². The lowest BCUT2D eigenvalue weighted by molar-refractivity contribution is -0.146. The zero-order chi connectivity index (χ0) is 31.4. The Morgan fingerprint density at radius 1 is 1.02 bits per heavy atom. The molecule has 226 valence electrons. The lowest BCUT2D eigenvalue weighted by Gasteiger charge is -2.36. The van der Waals surface area contributed by atoms with Gasteiger partial charge >= 0.3 is 0 Å². The third-order valence-electron chi connectivity index (χ3n) is 7.63. The van der Waals surface area contributed by atoms with Gasteiger partial charge < -0.3 is 9.64 Å². The van der Waals surface area contributed by atoms with Gasteiger partial charge in [-0.25, -0.2) is 12.8 Å². The summed E-state index contributed by atoms with van der Waals surface area (Å²) in [4.78, 5) is 28.4. The van der Waals surface area contributed by atoms with Crippen LogP contribution in [0.25, 0.3) is 10.8 Å². The SMILES string of the molecule is COc1ccc2ccc(S(=O)(=O)N([C@H]3CCN(Cc4cccc(C#N)c4)C3=O)N(CCc3cccc(F)c3)C(C)=O)cc2c1. The Morgan fingerprint density at radius 3 is 2.50 bits per heavy atom. The molecule has 4 aromatic rings. The molecule has 9 nitrogen and oxygen atoms in total. The maximum Gasteiger partial charge on any atom is 0.260 e. The number of rotatable bonds is 10. The van der Waals surface area contributed by atoms with E-state index in [4.69, 9.17) is 4.74 Å². The second-order valence-electron chi connectivity index (χ2n) is 10.6. The molecule has 4 aromatic carbocycles. The molecule has 0 aliphatic carbocycles. The van der Waals surface area contributed by atoms with Gasteiger partial charge in [-0.3, -0.25) is 14.6 Å². The first kappa shape index (κ1) is 30.7. The fourth-order valence-electron chi connectivity index (χ4n) is 5.43. The van der Waals surface area contributed by atoms with Crippen molar-refractivity contribution in [2.24, 2.45) is 0 Å². The molecule has 0 bridgehead atoms. The first-order chi connectivity index (χ1) is 21.1. The minimum atomic E-state index is -4.46. The van der Waals surface area contributed by atoms with Gasteiger partial charge in [0.05, 0.1) is 23.6 Å². The highest BCUT2D eigenvalue weighted by Crippen LogP contribution is 2.31. The summed E-state index contributed by atoms with van der Waals surface area (Å²) in [6, 6.07) is 23.5. The van der Waals surface area contributed by atoms with E-state index in [1.807, 2.05) is 6.07 Å². The number of ether oxygens (including phenoxy) is 1. The van der Waals surface area contributed by atoms with E-state index in [0.29, 0.717) is 22.3 Å². The third-order valence-corrected chi connectivity index (χ3v) is 9.42. The monoisotopic (exact) mass is 614 g/mol. The Morgan fingerprint density at radius 2 is 1.77 bits per heavy atom. The van der Waals surface area contributed by atoms with Gasteiger partial charge in [0.1, 0.15) is 17.6 Å². The Hall–Kier alpha value is -4.79. The summed E-state index contributed by atoms with van der Waals surface area (Å²) in [6.07, 6.45) is 0.297. The van der Waals surface area contributed by atoms with Crippen LogP contribution in [0.2, 0.25) is 0 Å². The molecule has 0 saturated carbocycles. The number of amides is 2. The molecule has 44 heavy (non-hydrogen) atoms. The molecular formula is C33H31FN4O5S. The number of benzene rings is 4. The van der Waals surface area contributed by atoms with Gasteiger partial charge in [-0.1, -0.05) is 40.8 Å². The molecule has 1 saturated heterocycles. The average molecular weight is 615 g/mol. The van der Waals surface area contributed by atoms with E-state index in [-0.39, 0.29) is 37.4 Å². The van der Waals surface area contributed by atoms with Crippen molar-refractivity contribution in [1.29, 1.82) is 5.26 Å². The van der Waals surface area contributed by atoms with Crippen LogP contribution in [0.3, 0.4) is 0 Å². The summed E-state index contributed by atoms with van der Waals surface area (Å²) in [7, 11) is -2.94. The molecule has 2 amide bonds. The highest BCUT2D eigenvalue weighted by atomic mass is 32.2. The molecule has 5 rings (SSSR count). The number of likely N-dealkylation sites (tertiary alicyclic amines) is 1. The van der Waals surface area contributed by atoms with Gasteiger partial charge in [0.2, 0.25) is 11.8 Å². The van der Waals surface area contributed by atoms with Crippen LogP contribution in [0.5, 0.6) is 5.75 Å². The molecule has 1 fully saturated rings. The minimum Gasteiger partial charge on any atom is -0.497 e. The van der Waals surface area contributed by atoms with Crippen molar-refractivity contribution in [3.63, 3.8) is 0 Å². The number of halogens is 1. The summed E-state index contributed by atoms with van der Waals surface area (Å²) < 4.78 is 49.0. The topological polar surface area (TPSA) is 111 Å². The molecule has 0 aromatic heterocycles. The van der Waals surface area contributed by atoms with Crippen LogP contribution in [0.15, 0.2) is 89.8 Å². The summed E-state index contributed by atoms with van der Waals surface area (Å²) in [5, 5.41) is 11.7. The molecule has 1 heterocycles. The highest BCUT2D eigenvalue weighted by molar-refractivity contribution is 7.89. The molecule has 11 heteroatoms. The Kier molecular flexibility index (Phi) is 8.94. The normalized spacial score (nSPS) is 15.0. The van der Waals surface area contributed by atoms with Crippen molar-refractivity contribution in [3.05, 3.63) is 107 Å². The number of fused-ring (bicyclic) bond motifs is 1. The predicted molar refractivity (Wildman–Crippen MR) is 162 cm³/mol. The largest absolute Gasteiger partial charge is 0.497 e. The third kappa shape index (κ3) is 6.41. The van der Waals surface area contributed by atoms with Gasteiger partial charge in [0.25, 0.3) is 10.0 Å². The van der Waals surface area contributed by atoms with Crippen LogP contribution in [-0.2, 0) is 32.6 Å². The quantitative estimate of drug-likeness (QED) is 0.241. The fraction of sp³-hybridized carbons (Fsp3) is 0.242. The lowest BCUT2D eigenvalue weighted by Crippen LogP contribution is -2.56. The van der Waals surface area contributed by atoms with Crippen LogP contribution >= 0.6 is 0 Å². The maximum atomic E-state index is 14.5. The zero-order valence-corrected chi connectivity index (χ0v) is 25.1.